The molecule has 0 aliphatic carbocycles. The van der Waals surface area contributed by atoms with Crippen molar-refractivity contribution in [2.24, 2.45) is 0 Å². The predicted molar refractivity (Wildman–Crippen MR) is 139 cm³/mol. The van der Waals surface area contributed by atoms with Crippen LogP contribution in [0.5, 0.6) is 0 Å². The molecule has 0 saturated carbocycles. The molecule has 2 heterocycles. The summed E-state index contributed by atoms with van der Waals surface area (Å²) in [6.45, 7) is 6.80. The normalized spacial score (nSPS) is 18.5. The van der Waals surface area contributed by atoms with Gasteiger partial charge in [-0.3, -0.25) is 19.2 Å². The Labute approximate surface area is 232 Å². The molecule has 1 amide bonds. The van der Waals surface area contributed by atoms with Crippen LogP contribution in [0.3, 0.4) is 0 Å². The lowest BCUT2D eigenvalue weighted by Gasteiger charge is -2.39. The van der Waals surface area contributed by atoms with Crippen LogP contribution < -0.4 is 0 Å². The maximum absolute atomic E-state index is 13.5. The second-order valence-electron chi connectivity index (χ2n) is 8.89. The first-order valence-corrected chi connectivity index (χ1v) is 16.0. The molecular weight excluding hydrogens is 576 g/mol. The zero-order valence-corrected chi connectivity index (χ0v) is 25.1. The van der Waals surface area contributed by atoms with Gasteiger partial charge in [-0.2, -0.15) is 4.31 Å². The summed E-state index contributed by atoms with van der Waals surface area (Å²) in [5.74, 6) is -3.90. The molecule has 16 heteroatoms. The summed E-state index contributed by atoms with van der Waals surface area (Å²) >= 11 is 0.490. The molecule has 0 unspecified atom stereocenters. The summed E-state index contributed by atoms with van der Waals surface area (Å²) < 4.78 is 68.6. The molecule has 13 nitrogen and oxygen atoms in total. The minimum absolute atomic E-state index is 0.0513. The number of hydrogen-bond donors (Lipinski definition) is 0. The average Bonchev–Trinajstić information content (AvgIpc) is 3.29. The van der Waals surface area contributed by atoms with Crippen molar-refractivity contribution < 1.29 is 50.2 Å². The van der Waals surface area contributed by atoms with Gasteiger partial charge in [0.05, 0.1) is 6.04 Å². The number of carbonyl (C=O) groups excluding carboxylic acids is 4. The van der Waals surface area contributed by atoms with Gasteiger partial charge >= 0.3 is 11.9 Å². The van der Waals surface area contributed by atoms with E-state index in [1.165, 1.54) is 31.9 Å². The number of ketones is 1. The minimum atomic E-state index is -4.33. The van der Waals surface area contributed by atoms with Gasteiger partial charge in [0, 0.05) is 52.8 Å². The van der Waals surface area contributed by atoms with Crippen molar-refractivity contribution in [3.8, 4) is 0 Å². The van der Waals surface area contributed by atoms with Gasteiger partial charge < -0.3 is 19.1 Å². The van der Waals surface area contributed by atoms with E-state index in [-0.39, 0.29) is 40.2 Å². The van der Waals surface area contributed by atoms with Gasteiger partial charge in [-0.1, -0.05) is 0 Å². The standard InChI is InChI=1S/C23H34N2O11S3/c1-7-25(22(29)15(3)36-17(5)27)19-12-24(9-8-10-34-6)39(32,33)23-18(19)11-21(37-23)38(30,31)13-20(28)14(2)35-16(4)26/h11,14-15,19H,7-10,12-13H2,1-6H3/t14-,15-,19-/m0/s1. The Balaban J connectivity index is 2.57. The number of methoxy groups -OCH3 is 1. The van der Waals surface area contributed by atoms with E-state index in [9.17, 15) is 36.0 Å². The molecule has 1 aromatic rings. The minimum Gasteiger partial charge on any atom is -0.455 e. The van der Waals surface area contributed by atoms with Gasteiger partial charge in [-0.15, -0.1) is 11.3 Å². The van der Waals surface area contributed by atoms with E-state index in [2.05, 4.69) is 0 Å². The van der Waals surface area contributed by atoms with Gasteiger partial charge in [0.2, 0.25) is 0 Å². The van der Waals surface area contributed by atoms with Crippen molar-refractivity contribution in [2.75, 3.05) is 39.1 Å². The highest BCUT2D eigenvalue weighted by Crippen LogP contribution is 2.43. The molecule has 0 spiro atoms. The lowest BCUT2D eigenvalue weighted by Crippen LogP contribution is -2.49. The molecule has 3 atom stereocenters. The van der Waals surface area contributed by atoms with Crippen LogP contribution in [0.15, 0.2) is 14.5 Å². The van der Waals surface area contributed by atoms with Gasteiger partial charge in [0.25, 0.3) is 15.9 Å². The summed E-state index contributed by atoms with van der Waals surface area (Å²) in [5, 5.41) is 0. The fourth-order valence-corrected chi connectivity index (χ4v) is 9.35. The van der Waals surface area contributed by atoms with Gasteiger partial charge in [0.15, 0.2) is 27.8 Å². The second kappa shape index (κ2) is 13.3. The van der Waals surface area contributed by atoms with Gasteiger partial charge in [0.1, 0.15) is 14.2 Å². The second-order valence-corrected chi connectivity index (χ2v) is 14.3. The topological polar surface area (TPSA) is 171 Å². The number of fused-ring (bicyclic) bond motifs is 1. The monoisotopic (exact) mass is 610 g/mol. The van der Waals surface area contributed by atoms with Crippen LogP contribution in [0.1, 0.15) is 52.6 Å². The zero-order chi connectivity index (χ0) is 29.7. The number of esters is 2. The molecule has 39 heavy (non-hydrogen) atoms. The zero-order valence-electron chi connectivity index (χ0n) is 22.7. The molecule has 1 aliphatic heterocycles. The van der Waals surface area contributed by atoms with E-state index >= 15 is 0 Å². The van der Waals surface area contributed by atoms with Crippen LogP contribution in [-0.2, 0) is 53.2 Å². The van der Waals surface area contributed by atoms with E-state index in [0.717, 1.165) is 18.2 Å². The van der Waals surface area contributed by atoms with E-state index in [1.807, 2.05) is 0 Å². The van der Waals surface area contributed by atoms with E-state index in [1.54, 1.807) is 6.92 Å². The lowest BCUT2D eigenvalue weighted by atomic mass is 10.1. The van der Waals surface area contributed by atoms with E-state index in [0.29, 0.717) is 17.8 Å². The molecular formula is C23H34N2O11S3. The van der Waals surface area contributed by atoms with Gasteiger partial charge in [-0.25, -0.2) is 16.8 Å². The van der Waals surface area contributed by atoms with Crippen molar-refractivity contribution >= 4 is 54.8 Å². The van der Waals surface area contributed by atoms with Crippen molar-refractivity contribution in [1.29, 1.82) is 0 Å². The molecule has 0 fully saturated rings. The highest BCUT2D eigenvalue weighted by molar-refractivity contribution is 7.95. The van der Waals surface area contributed by atoms with Crippen LogP contribution >= 0.6 is 11.3 Å². The number of amides is 1. The van der Waals surface area contributed by atoms with Crippen LogP contribution in [0.2, 0.25) is 0 Å². The predicted octanol–water partition coefficient (Wildman–Crippen LogP) is 0.925. The number of hydrogen-bond acceptors (Lipinski definition) is 12. The highest BCUT2D eigenvalue weighted by Gasteiger charge is 2.44. The third-order valence-electron chi connectivity index (χ3n) is 5.89. The molecule has 2 rings (SSSR count). The number of sulfone groups is 1. The average molecular weight is 611 g/mol. The first-order valence-electron chi connectivity index (χ1n) is 12.1. The lowest BCUT2D eigenvalue weighted by molar-refractivity contribution is -0.158. The van der Waals surface area contributed by atoms with E-state index < -0.39 is 67.5 Å². The molecule has 0 radical (unpaired) electrons. The molecule has 0 aromatic carbocycles. The van der Waals surface area contributed by atoms with Crippen LogP contribution in [-0.4, -0.2) is 101 Å². The van der Waals surface area contributed by atoms with Crippen LogP contribution in [0, 0.1) is 0 Å². The number of thiophene rings is 1. The van der Waals surface area contributed by atoms with E-state index in [4.69, 9.17) is 14.2 Å². The van der Waals surface area contributed by atoms with Crippen molar-refractivity contribution in [2.45, 2.75) is 67.7 Å². The fourth-order valence-electron chi connectivity index (χ4n) is 4.08. The van der Waals surface area contributed by atoms with Crippen molar-refractivity contribution in [3.05, 3.63) is 11.6 Å². The summed E-state index contributed by atoms with van der Waals surface area (Å²) in [6.07, 6.45) is -2.12. The Morgan fingerprint density at radius 2 is 1.72 bits per heavy atom. The Bertz CT molecular complexity index is 1300. The third-order valence-corrected chi connectivity index (χ3v) is 11.6. The summed E-state index contributed by atoms with van der Waals surface area (Å²) in [5.41, 5.74) is 0.0901. The molecule has 1 aliphatic rings. The molecule has 0 N–H and O–H groups in total. The Morgan fingerprint density at radius 1 is 1.13 bits per heavy atom. The SMILES string of the molecule is CCN(C(=O)[C@H](C)OC(C)=O)[C@H]1CN(CCCOC)S(=O)(=O)c2sc(S(=O)(=O)CC(=O)[C@H](C)OC(C)=O)cc21. The first kappa shape index (κ1) is 32.8. The smallest absolute Gasteiger partial charge is 0.303 e. The number of carbonyl (C=O) groups is 4. The molecule has 220 valence electrons. The fraction of sp³-hybridized carbons (Fsp3) is 0.652. The maximum atomic E-state index is 13.5. The van der Waals surface area contributed by atoms with Gasteiger partial charge in [-0.05, 0) is 33.3 Å². The summed E-state index contributed by atoms with van der Waals surface area (Å²) in [6, 6.07) is 0.276. The number of rotatable bonds is 13. The molecule has 1 aromatic heterocycles. The Kier molecular flexibility index (Phi) is 11.2. The number of likely N-dealkylation sites (N-methyl/N-ethyl adjacent to an activating group) is 1. The Morgan fingerprint density at radius 3 is 2.26 bits per heavy atom. The van der Waals surface area contributed by atoms with Crippen LogP contribution in [0.4, 0.5) is 0 Å². The van der Waals surface area contributed by atoms with Crippen molar-refractivity contribution in [1.82, 2.24) is 9.21 Å². The molecule has 0 bridgehead atoms. The third kappa shape index (κ3) is 7.84. The number of ether oxygens (including phenoxy) is 3. The number of nitrogens with zero attached hydrogens (tertiary/aromatic N) is 2. The number of sulfonamides is 1. The first-order chi connectivity index (χ1) is 18.1. The highest BCUT2D eigenvalue weighted by atomic mass is 32.3. The number of Topliss-reactive ketones (excluding diaryl/α,β-unsaturated/α-hetero) is 1. The quantitative estimate of drug-likeness (QED) is 0.230. The summed E-state index contributed by atoms with van der Waals surface area (Å²) in [7, 11) is -7.01. The van der Waals surface area contributed by atoms with Crippen molar-refractivity contribution in [3.63, 3.8) is 0 Å². The maximum Gasteiger partial charge on any atom is 0.303 e. The summed E-state index contributed by atoms with van der Waals surface area (Å²) in [4.78, 5) is 49.6. The van der Waals surface area contributed by atoms with Crippen LogP contribution in [0.25, 0.3) is 0 Å². The largest absolute Gasteiger partial charge is 0.455 e. The Hall–Kier alpha value is -2.40. The molecule has 0 saturated heterocycles.